The molecule has 2 rings (SSSR count). The van der Waals surface area contributed by atoms with Gasteiger partial charge in [-0.3, -0.25) is 4.90 Å². The highest BCUT2D eigenvalue weighted by Crippen LogP contribution is 2.40. The average molecular weight is 275 g/mol. The predicted octanol–water partition coefficient (Wildman–Crippen LogP) is 4.23. The third kappa shape index (κ3) is 2.85. The summed E-state index contributed by atoms with van der Waals surface area (Å²) in [6.45, 7) is 10.5. The molecule has 1 aromatic rings. The normalized spacial score (nSPS) is 22.1. The number of hydrogen-bond donors (Lipinski definition) is 0. The van der Waals surface area contributed by atoms with Crippen LogP contribution in [0.25, 0.3) is 0 Å². The number of benzene rings is 1. The summed E-state index contributed by atoms with van der Waals surface area (Å²) in [6, 6.07) is 7.75. The zero-order chi connectivity index (χ0) is 14.7. The molecule has 2 atom stereocenters. The van der Waals surface area contributed by atoms with E-state index in [-0.39, 0.29) is 0 Å². The van der Waals surface area contributed by atoms with Gasteiger partial charge < -0.3 is 4.74 Å². The molecule has 0 aliphatic heterocycles. The van der Waals surface area contributed by atoms with Crippen LogP contribution in [0.15, 0.2) is 18.2 Å². The van der Waals surface area contributed by atoms with Crippen molar-refractivity contribution in [1.82, 2.24) is 4.90 Å². The van der Waals surface area contributed by atoms with E-state index in [1.54, 1.807) is 7.11 Å². The van der Waals surface area contributed by atoms with Crippen molar-refractivity contribution < 1.29 is 4.74 Å². The van der Waals surface area contributed by atoms with Crippen LogP contribution in [0.3, 0.4) is 0 Å². The molecule has 0 unspecified atom stereocenters. The quantitative estimate of drug-likeness (QED) is 0.797. The molecule has 1 aliphatic carbocycles. The van der Waals surface area contributed by atoms with Gasteiger partial charge in [0.25, 0.3) is 0 Å². The number of nitrogens with zero attached hydrogens (tertiary/aromatic N) is 1. The predicted molar refractivity (Wildman–Crippen MR) is 85.7 cm³/mol. The lowest BCUT2D eigenvalue weighted by atomic mass is 9.78. The third-order valence-corrected chi connectivity index (χ3v) is 4.69. The van der Waals surface area contributed by atoms with Crippen LogP contribution in [0, 0.1) is 0 Å². The maximum atomic E-state index is 5.61. The molecule has 2 heteroatoms. The van der Waals surface area contributed by atoms with E-state index in [0.717, 1.165) is 5.75 Å². The molecular formula is C18H29NO. The van der Waals surface area contributed by atoms with E-state index in [2.05, 4.69) is 50.8 Å². The molecule has 0 bridgehead atoms. The van der Waals surface area contributed by atoms with Gasteiger partial charge in [-0.1, -0.05) is 26.0 Å². The number of fused-ring (bicyclic) bond motifs is 1. The fourth-order valence-corrected chi connectivity index (χ4v) is 3.77. The van der Waals surface area contributed by atoms with E-state index >= 15 is 0 Å². The zero-order valence-electron chi connectivity index (χ0n) is 13.6. The Bertz CT molecular complexity index is 427. The van der Waals surface area contributed by atoms with Gasteiger partial charge in [0.2, 0.25) is 0 Å². The van der Waals surface area contributed by atoms with Crippen LogP contribution in [0.4, 0.5) is 0 Å². The van der Waals surface area contributed by atoms with Gasteiger partial charge in [-0.2, -0.15) is 0 Å². The Hall–Kier alpha value is -1.02. The Morgan fingerprint density at radius 1 is 1.35 bits per heavy atom. The first-order valence-corrected chi connectivity index (χ1v) is 8.01. The van der Waals surface area contributed by atoms with Gasteiger partial charge in [0, 0.05) is 23.6 Å². The van der Waals surface area contributed by atoms with Gasteiger partial charge in [-0.05, 0) is 51.3 Å². The molecule has 0 heterocycles. The summed E-state index contributed by atoms with van der Waals surface area (Å²) in [6.07, 6.45) is 3.66. The Kier molecular flexibility index (Phi) is 5.09. The molecule has 0 amide bonds. The van der Waals surface area contributed by atoms with Crippen molar-refractivity contribution in [3.63, 3.8) is 0 Å². The summed E-state index contributed by atoms with van der Waals surface area (Å²) < 4.78 is 5.61. The van der Waals surface area contributed by atoms with Crippen molar-refractivity contribution in [1.29, 1.82) is 0 Å². The van der Waals surface area contributed by atoms with Crippen molar-refractivity contribution in [2.24, 2.45) is 0 Å². The maximum Gasteiger partial charge on any atom is 0.122 e. The van der Waals surface area contributed by atoms with E-state index in [1.165, 1.54) is 36.9 Å². The van der Waals surface area contributed by atoms with Gasteiger partial charge in [0.1, 0.15) is 5.75 Å². The minimum atomic E-state index is 0.545. The number of ether oxygens (including phenoxy) is 1. The molecule has 1 aromatic carbocycles. The second kappa shape index (κ2) is 6.62. The van der Waals surface area contributed by atoms with Crippen LogP contribution in [-0.4, -0.2) is 30.6 Å². The van der Waals surface area contributed by atoms with Gasteiger partial charge in [0.05, 0.1) is 7.11 Å². The molecule has 0 spiro atoms. The largest absolute Gasteiger partial charge is 0.496 e. The molecule has 20 heavy (non-hydrogen) atoms. The molecule has 0 saturated heterocycles. The summed E-state index contributed by atoms with van der Waals surface area (Å²) in [5.74, 6) is 1.61. The number of rotatable bonds is 5. The second-order valence-corrected chi connectivity index (χ2v) is 6.26. The highest BCUT2D eigenvalue weighted by molar-refractivity contribution is 5.45. The topological polar surface area (TPSA) is 12.5 Å². The van der Waals surface area contributed by atoms with E-state index in [9.17, 15) is 0 Å². The highest BCUT2D eigenvalue weighted by Gasteiger charge is 2.33. The van der Waals surface area contributed by atoms with Crippen molar-refractivity contribution >= 4 is 0 Å². The molecule has 0 aromatic heterocycles. The smallest absolute Gasteiger partial charge is 0.122 e. The third-order valence-electron chi connectivity index (χ3n) is 4.69. The van der Waals surface area contributed by atoms with Crippen molar-refractivity contribution in [3.05, 3.63) is 29.3 Å². The first-order chi connectivity index (χ1) is 9.60. The van der Waals surface area contributed by atoms with Gasteiger partial charge in [-0.25, -0.2) is 0 Å². The minimum Gasteiger partial charge on any atom is -0.496 e. The lowest BCUT2D eigenvalue weighted by molar-refractivity contribution is 0.121. The number of methoxy groups -OCH3 is 1. The van der Waals surface area contributed by atoms with Gasteiger partial charge >= 0.3 is 0 Å². The molecule has 0 radical (unpaired) electrons. The molecule has 0 fully saturated rings. The fourth-order valence-electron chi connectivity index (χ4n) is 3.77. The molecular weight excluding hydrogens is 246 g/mol. The molecule has 112 valence electrons. The Balaban J connectivity index is 2.32. The Morgan fingerprint density at radius 3 is 2.70 bits per heavy atom. The van der Waals surface area contributed by atoms with E-state index in [0.29, 0.717) is 18.0 Å². The summed E-state index contributed by atoms with van der Waals surface area (Å²) in [7, 11) is 1.79. The highest BCUT2D eigenvalue weighted by atomic mass is 16.5. The van der Waals surface area contributed by atoms with E-state index in [4.69, 9.17) is 4.74 Å². The summed E-state index contributed by atoms with van der Waals surface area (Å²) in [5, 5.41) is 0. The number of hydrogen-bond acceptors (Lipinski definition) is 2. The van der Waals surface area contributed by atoms with Crippen molar-refractivity contribution in [2.75, 3.05) is 13.7 Å². The van der Waals surface area contributed by atoms with Crippen LogP contribution in [-0.2, 0) is 6.42 Å². The van der Waals surface area contributed by atoms with Crippen molar-refractivity contribution in [2.45, 2.75) is 65.0 Å². The lowest BCUT2D eigenvalue weighted by Crippen LogP contribution is -2.45. The monoisotopic (exact) mass is 275 g/mol. The van der Waals surface area contributed by atoms with Crippen LogP contribution in [0.1, 0.15) is 57.6 Å². The standard InChI is InChI=1S/C18H29NO/c1-6-12-19(13(2)3)16-11-10-15-8-7-9-17(20-5)18(15)14(16)4/h7-9,13-14,16H,6,10-12H2,1-5H3/t14-,16-/m1/s1. The molecule has 1 aliphatic rings. The zero-order valence-corrected chi connectivity index (χ0v) is 13.6. The fraction of sp³-hybridized carbons (Fsp3) is 0.667. The maximum absolute atomic E-state index is 5.61. The van der Waals surface area contributed by atoms with Crippen LogP contribution < -0.4 is 4.74 Å². The van der Waals surface area contributed by atoms with Crippen molar-refractivity contribution in [3.8, 4) is 5.75 Å². The summed E-state index contributed by atoms with van der Waals surface area (Å²) in [5.41, 5.74) is 2.92. The van der Waals surface area contributed by atoms with Gasteiger partial charge in [-0.15, -0.1) is 0 Å². The summed E-state index contributed by atoms with van der Waals surface area (Å²) in [4.78, 5) is 2.68. The molecule has 0 saturated carbocycles. The van der Waals surface area contributed by atoms with Crippen LogP contribution >= 0.6 is 0 Å². The first kappa shape index (κ1) is 15.4. The second-order valence-electron chi connectivity index (χ2n) is 6.26. The van der Waals surface area contributed by atoms with Crippen LogP contribution in [0.5, 0.6) is 5.75 Å². The van der Waals surface area contributed by atoms with Gasteiger partial charge in [0.15, 0.2) is 0 Å². The van der Waals surface area contributed by atoms with Crippen LogP contribution in [0.2, 0.25) is 0 Å². The first-order valence-electron chi connectivity index (χ1n) is 8.01. The lowest BCUT2D eigenvalue weighted by Gasteiger charge is -2.42. The van der Waals surface area contributed by atoms with E-state index in [1.807, 2.05) is 0 Å². The average Bonchev–Trinajstić information content (AvgIpc) is 2.45. The molecule has 2 nitrogen and oxygen atoms in total. The number of aryl methyl sites for hydroxylation is 1. The van der Waals surface area contributed by atoms with E-state index < -0.39 is 0 Å². The Morgan fingerprint density at radius 2 is 2.10 bits per heavy atom. The Labute approximate surface area is 124 Å². The summed E-state index contributed by atoms with van der Waals surface area (Å²) >= 11 is 0. The molecule has 0 N–H and O–H groups in total. The SMILES string of the molecule is CCCN(C(C)C)[C@@H]1CCc2cccc(OC)c2[C@@H]1C. The minimum absolute atomic E-state index is 0.545.